The van der Waals surface area contributed by atoms with Crippen molar-refractivity contribution in [1.29, 1.82) is 0 Å². The van der Waals surface area contributed by atoms with Crippen LogP contribution in [0.3, 0.4) is 0 Å². The number of nitrogens with one attached hydrogen (secondary N) is 1. The number of rotatable bonds is 3. The molecule has 3 aromatic rings. The molecule has 2 aromatic carbocycles. The van der Waals surface area contributed by atoms with E-state index in [1.165, 1.54) is 12.4 Å². The van der Waals surface area contributed by atoms with Crippen LogP contribution in [-0.4, -0.2) is 22.1 Å². The first-order valence-electron chi connectivity index (χ1n) is 7.29. The molecule has 1 aromatic heterocycles. The van der Waals surface area contributed by atoms with Crippen molar-refractivity contribution in [1.82, 2.24) is 9.97 Å². The molecule has 3 N–H and O–H groups in total. The number of carbonyl (C=O) groups excluding carboxylic acids is 1. The molecule has 0 saturated heterocycles. The third kappa shape index (κ3) is 4.03. The lowest BCUT2D eigenvalue weighted by Gasteiger charge is -2.10. The van der Waals surface area contributed by atoms with E-state index in [1.54, 1.807) is 30.3 Å². The van der Waals surface area contributed by atoms with Crippen LogP contribution in [0.15, 0.2) is 48.8 Å². The maximum Gasteiger partial charge on any atom is 0.397 e. The summed E-state index contributed by atoms with van der Waals surface area (Å²) in [6, 6.07) is 11.9. The Balaban J connectivity index is 1.89. The van der Waals surface area contributed by atoms with Crippen LogP contribution in [-0.2, 0) is 4.79 Å². The van der Waals surface area contributed by atoms with Crippen molar-refractivity contribution in [3.63, 3.8) is 0 Å². The number of aromatic nitrogens is 2. The number of nitrogens with two attached hydrogens (primary N) is 1. The van der Waals surface area contributed by atoms with Gasteiger partial charge in [-0.15, -0.1) is 0 Å². The Labute approximate surface area is 140 Å². The minimum Gasteiger partial charge on any atom is -0.383 e. The fraction of sp³-hybridized carbons (Fsp3) is 0.118. The Morgan fingerprint density at radius 1 is 1.08 bits per heavy atom. The normalized spacial score (nSPS) is 11.5. The molecule has 1 amide bonds. The zero-order valence-electron chi connectivity index (χ0n) is 12.8. The highest BCUT2D eigenvalue weighted by molar-refractivity contribution is 5.93. The van der Waals surface area contributed by atoms with Crippen LogP contribution in [0.25, 0.3) is 22.0 Å². The molecule has 0 fully saturated rings. The van der Waals surface area contributed by atoms with Gasteiger partial charge in [-0.3, -0.25) is 4.79 Å². The lowest BCUT2D eigenvalue weighted by Crippen LogP contribution is -2.21. The summed E-state index contributed by atoms with van der Waals surface area (Å²) in [5.74, 6) is -0.776. The zero-order chi connectivity index (χ0) is 18.0. The first-order valence-corrected chi connectivity index (χ1v) is 7.29. The van der Waals surface area contributed by atoms with Crippen molar-refractivity contribution >= 4 is 28.3 Å². The van der Waals surface area contributed by atoms with Gasteiger partial charge < -0.3 is 11.1 Å². The maximum atomic E-state index is 12.3. The summed E-state index contributed by atoms with van der Waals surface area (Å²) < 4.78 is 36.8. The van der Waals surface area contributed by atoms with E-state index in [2.05, 4.69) is 15.3 Å². The van der Waals surface area contributed by atoms with Crippen LogP contribution < -0.4 is 11.1 Å². The summed E-state index contributed by atoms with van der Waals surface area (Å²) in [6.07, 6.45) is -4.70. The number of anilines is 2. The average molecular weight is 346 g/mol. The molecular formula is C17H13F3N4O. The quantitative estimate of drug-likeness (QED) is 0.756. The first-order chi connectivity index (χ1) is 11.8. The molecule has 5 nitrogen and oxygen atoms in total. The van der Waals surface area contributed by atoms with Gasteiger partial charge in [0.15, 0.2) is 0 Å². The van der Waals surface area contributed by atoms with Crippen LogP contribution in [0.4, 0.5) is 24.7 Å². The lowest BCUT2D eigenvalue weighted by molar-refractivity contribution is -0.150. The van der Waals surface area contributed by atoms with Gasteiger partial charge in [-0.25, -0.2) is 9.97 Å². The molecular weight excluding hydrogens is 333 g/mol. The number of halogens is 3. The second-order valence-corrected chi connectivity index (χ2v) is 5.41. The van der Waals surface area contributed by atoms with Gasteiger partial charge in [-0.2, -0.15) is 13.2 Å². The fourth-order valence-electron chi connectivity index (χ4n) is 2.42. The Morgan fingerprint density at radius 3 is 2.60 bits per heavy atom. The maximum absolute atomic E-state index is 12.3. The van der Waals surface area contributed by atoms with Gasteiger partial charge in [0, 0.05) is 11.1 Å². The van der Waals surface area contributed by atoms with E-state index in [0.717, 1.165) is 11.1 Å². The van der Waals surface area contributed by atoms with E-state index >= 15 is 0 Å². The number of hydrogen-bond donors (Lipinski definition) is 2. The molecule has 0 spiro atoms. The van der Waals surface area contributed by atoms with Crippen molar-refractivity contribution in [2.24, 2.45) is 0 Å². The molecule has 8 heteroatoms. The summed E-state index contributed by atoms with van der Waals surface area (Å²) in [5, 5.41) is 2.92. The summed E-state index contributed by atoms with van der Waals surface area (Å²) in [6.45, 7) is 0. The molecule has 0 unspecified atom stereocenters. The predicted molar refractivity (Wildman–Crippen MR) is 88.7 cm³/mol. The number of benzene rings is 2. The Morgan fingerprint density at radius 2 is 1.84 bits per heavy atom. The molecule has 25 heavy (non-hydrogen) atoms. The topological polar surface area (TPSA) is 80.9 Å². The van der Waals surface area contributed by atoms with E-state index in [0.29, 0.717) is 16.7 Å². The van der Waals surface area contributed by atoms with Crippen LogP contribution >= 0.6 is 0 Å². The van der Waals surface area contributed by atoms with Crippen molar-refractivity contribution in [3.05, 3.63) is 48.8 Å². The highest BCUT2D eigenvalue weighted by Gasteiger charge is 2.31. The summed E-state index contributed by atoms with van der Waals surface area (Å²) in [5.41, 5.74) is 8.31. The molecule has 3 rings (SSSR count). The zero-order valence-corrected chi connectivity index (χ0v) is 12.8. The van der Waals surface area contributed by atoms with Gasteiger partial charge >= 0.3 is 6.18 Å². The number of hydrogen-bond acceptors (Lipinski definition) is 4. The number of nitrogen functional groups attached to an aromatic ring is 1. The SMILES string of the molecule is Nc1ncnc2ccc(-c3cccc(NC(=O)CC(F)(F)F)c3)cc12. The standard InChI is InChI=1S/C17H13F3N4O/c18-17(19,20)8-15(25)24-12-3-1-2-10(6-12)11-4-5-14-13(7-11)16(21)23-9-22-14/h1-7,9H,8H2,(H,24,25)(H2,21,22,23). The van der Waals surface area contributed by atoms with Gasteiger partial charge in [0.25, 0.3) is 0 Å². The summed E-state index contributed by atoms with van der Waals surface area (Å²) in [4.78, 5) is 19.5. The highest BCUT2D eigenvalue weighted by atomic mass is 19.4. The van der Waals surface area contributed by atoms with Crippen LogP contribution in [0, 0.1) is 0 Å². The lowest BCUT2D eigenvalue weighted by atomic mass is 10.0. The molecule has 0 atom stereocenters. The minimum absolute atomic E-state index is 0.282. The molecule has 0 aliphatic rings. The van der Waals surface area contributed by atoms with Gasteiger partial charge in [0.2, 0.25) is 5.91 Å². The molecule has 0 aliphatic heterocycles. The first kappa shape index (κ1) is 16.7. The Hall–Kier alpha value is -3.16. The second kappa shape index (κ2) is 6.39. The fourth-order valence-corrected chi connectivity index (χ4v) is 2.42. The number of fused-ring (bicyclic) bond motifs is 1. The second-order valence-electron chi connectivity index (χ2n) is 5.41. The van der Waals surface area contributed by atoms with E-state index in [-0.39, 0.29) is 5.69 Å². The monoisotopic (exact) mass is 346 g/mol. The van der Waals surface area contributed by atoms with Crippen molar-refractivity contribution in [3.8, 4) is 11.1 Å². The van der Waals surface area contributed by atoms with Crippen LogP contribution in [0.2, 0.25) is 0 Å². The molecule has 0 radical (unpaired) electrons. The van der Waals surface area contributed by atoms with E-state index in [9.17, 15) is 18.0 Å². The van der Waals surface area contributed by atoms with Crippen molar-refractivity contribution in [2.45, 2.75) is 12.6 Å². The van der Waals surface area contributed by atoms with Crippen molar-refractivity contribution in [2.75, 3.05) is 11.1 Å². The predicted octanol–water partition coefficient (Wildman–Crippen LogP) is 3.77. The average Bonchev–Trinajstić information content (AvgIpc) is 2.53. The highest BCUT2D eigenvalue weighted by Crippen LogP contribution is 2.28. The number of carbonyl (C=O) groups is 1. The molecule has 1 heterocycles. The summed E-state index contributed by atoms with van der Waals surface area (Å²) >= 11 is 0. The minimum atomic E-state index is -4.54. The van der Waals surface area contributed by atoms with Gasteiger partial charge in [0.1, 0.15) is 18.6 Å². The molecule has 0 bridgehead atoms. The Kier molecular flexibility index (Phi) is 4.26. The molecule has 0 saturated carbocycles. The number of nitrogens with zero attached hydrogens (tertiary/aromatic N) is 2. The van der Waals surface area contributed by atoms with E-state index in [4.69, 9.17) is 5.73 Å². The van der Waals surface area contributed by atoms with E-state index in [1.807, 2.05) is 6.07 Å². The van der Waals surface area contributed by atoms with E-state index < -0.39 is 18.5 Å². The third-order valence-corrected chi connectivity index (χ3v) is 3.51. The third-order valence-electron chi connectivity index (χ3n) is 3.51. The summed E-state index contributed by atoms with van der Waals surface area (Å²) in [7, 11) is 0. The molecule has 0 aliphatic carbocycles. The van der Waals surface area contributed by atoms with Gasteiger partial charge in [-0.05, 0) is 35.4 Å². The largest absolute Gasteiger partial charge is 0.397 e. The molecule has 128 valence electrons. The van der Waals surface area contributed by atoms with Crippen LogP contribution in [0.5, 0.6) is 0 Å². The Bertz CT molecular complexity index is 941. The van der Waals surface area contributed by atoms with Gasteiger partial charge in [-0.1, -0.05) is 18.2 Å². The van der Waals surface area contributed by atoms with Crippen LogP contribution in [0.1, 0.15) is 6.42 Å². The number of alkyl halides is 3. The van der Waals surface area contributed by atoms with Crippen molar-refractivity contribution < 1.29 is 18.0 Å². The van der Waals surface area contributed by atoms with Gasteiger partial charge in [0.05, 0.1) is 5.52 Å². The smallest absolute Gasteiger partial charge is 0.383 e. The number of amides is 1.